The number of fused-ring (bicyclic) bond motifs is 1. The number of hydrogen-bond donors (Lipinski definition) is 1. The average Bonchev–Trinajstić information content (AvgIpc) is 3.14. The summed E-state index contributed by atoms with van der Waals surface area (Å²) < 4.78 is 16.7. The lowest BCUT2D eigenvalue weighted by Crippen LogP contribution is -2.04. The molecule has 132 valence electrons. The van der Waals surface area contributed by atoms with Crippen LogP contribution in [0.25, 0.3) is 0 Å². The van der Waals surface area contributed by atoms with Gasteiger partial charge in [-0.15, -0.1) is 0 Å². The van der Waals surface area contributed by atoms with Gasteiger partial charge in [0.05, 0.1) is 0 Å². The second-order valence-corrected chi connectivity index (χ2v) is 6.32. The highest BCUT2D eigenvalue weighted by molar-refractivity contribution is 6.31. The van der Waals surface area contributed by atoms with Crippen LogP contribution >= 0.6 is 11.6 Å². The topological polar surface area (TPSA) is 39.7 Å². The largest absolute Gasteiger partial charge is 0.488 e. The molecule has 1 aliphatic heterocycles. The second kappa shape index (κ2) is 7.58. The van der Waals surface area contributed by atoms with Crippen LogP contribution in [0.1, 0.15) is 11.1 Å². The van der Waals surface area contributed by atoms with Crippen molar-refractivity contribution in [2.24, 2.45) is 0 Å². The molecule has 0 aromatic heterocycles. The fourth-order valence-corrected chi connectivity index (χ4v) is 2.96. The molecule has 4 rings (SSSR count). The van der Waals surface area contributed by atoms with Crippen molar-refractivity contribution < 1.29 is 14.2 Å². The van der Waals surface area contributed by atoms with Gasteiger partial charge in [0, 0.05) is 34.4 Å². The number of para-hydroxylation sites is 1. The molecule has 26 heavy (non-hydrogen) atoms. The van der Waals surface area contributed by atoms with Gasteiger partial charge >= 0.3 is 0 Å². The molecule has 1 heterocycles. The van der Waals surface area contributed by atoms with Crippen molar-refractivity contribution in [3.8, 4) is 17.2 Å². The number of hydrogen-bond acceptors (Lipinski definition) is 4. The summed E-state index contributed by atoms with van der Waals surface area (Å²) in [6.45, 7) is 1.34. The number of benzene rings is 3. The first kappa shape index (κ1) is 16.6. The first-order valence-corrected chi connectivity index (χ1v) is 8.75. The Morgan fingerprint density at radius 3 is 2.54 bits per heavy atom. The monoisotopic (exact) mass is 367 g/mol. The minimum Gasteiger partial charge on any atom is -0.488 e. The van der Waals surface area contributed by atoms with Crippen LogP contribution in [0.5, 0.6) is 17.2 Å². The zero-order valence-corrected chi connectivity index (χ0v) is 14.8. The molecule has 0 saturated heterocycles. The fraction of sp³-hybridized carbons (Fsp3) is 0.143. The maximum absolute atomic E-state index is 6.20. The van der Waals surface area contributed by atoms with Gasteiger partial charge in [-0.3, -0.25) is 0 Å². The van der Waals surface area contributed by atoms with Crippen LogP contribution in [0, 0.1) is 0 Å². The molecule has 0 spiro atoms. The Kier molecular flexibility index (Phi) is 4.84. The van der Waals surface area contributed by atoms with Gasteiger partial charge < -0.3 is 19.5 Å². The van der Waals surface area contributed by atoms with Crippen molar-refractivity contribution in [1.29, 1.82) is 0 Å². The van der Waals surface area contributed by atoms with Gasteiger partial charge in [-0.1, -0.05) is 48.0 Å². The number of halogens is 1. The summed E-state index contributed by atoms with van der Waals surface area (Å²) in [5, 5.41) is 4.11. The Balaban J connectivity index is 1.43. The predicted molar refractivity (Wildman–Crippen MR) is 102 cm³/mol. The SMILES string of the molecule is Clc1ccccc1COc1ccccc1CNc1ccc2c(c1)OCO2. The number of anilines is 1. The van der Waals surface area contributed by atoms with E-state index in [1.54, 1.807) is 0 Å². The summed E-state index contributed by atoms with van der Waals surface area (Å²) in [5.74, 6) is 2.37. The average molecular weight is 368 g/mol. The highest BCUT2D eigenvalue weighted by Gasteiger charge is 2.13. The number of rotatable bonds is 6. The van der Waals surface area contributed by atoms with Gasteiger partial charge in [0.15, 0.2) is 11.5 Å². The summed E-state index contributed by atoms with van der Waals surface area (Å²) in [6.07, 6.45) is 0. The fourth-order valence-electron chi connectivity index (χ4n) is 2.77. The summed E-state index contributed by atoms with van der Waals surface area (Å²) in [7, 11) is 0. The third kappa shape index (κ3) is 3.70. The van der Waals surface area contributed by atoms with E-state index in [9.17, 15) is 0 Å². The standard InChI is InChI=1S/C21H18ClNO3/c22-18-7-3-1-6-16(18)13-24-19-8-4-2-5-15(19)12-23-17-9-10-20-21(11-17)26-14-25-20/h1-11,23H,12-14H2. The van der Waals surface area contributed by atoms with E-state index in [1.165, 1.54) is 0 Å². The molecule has 5 heteroatoms. The van der Waals surface area contributed by atoms with E-state index in [1.807, 2.05) is 66.7 Å². The van der Waals surface area contributed by atoms with E-state index in [4.69, 9.17) is 25.8 Å². The Hall–Kier alpha value is -2.85. The summed E-state index contributed by atoms with van der Waals surface area (Å²) in [5.41, 5.74) is 3.00. The molecule has 4 nitrogen and oxygen atoms in total. The van der Waals surface area contributed by atoms with E-state index in [0.717, 1.165) is 34.1 Å². The minimum atomic E-state index is 0.275. The lowest BCUT2D eigenvalue weighted by molar-refractivity contribution is 0.174. The Labute approximate surface area is 157 Å². The normalized spacial score (nSPS) is 12.0. The van der Waals surface area contributed by atoms with Crippen LogP contribution in [0.3, 0.4) is 0 Å². The van der Waals surface area contributed by atoms with Gasteiger partial charge in [0.25, 0.3) is 0 Å². The molecule has 1 N–H and O–H groups in total. The quantitative estimate of drug-likeness (QED) is 0.645. The van der Waals surface area contributed by atoms with E-state index >= 15 is 0 Å². The lowest BCUT2D eigenvalue weighted by atomic mass is 10.2. The van der Waals surface area contributed by atoms with Gasteiger partial charge in [-0.2, -0.15) is 0 Å². The molecule has 1 aliphatic rings. The molecular weight excluding hydrogens is 350 g/mol. The van der Waals surface area contributed by atoms with Crippen LogP contribution in [-0.2, 0) is 13.2 Å². The van der Waals surface area contributed by atoms with Crippen LogP contribution in [0.15, 0.2) is 66.7 Å². The number of ether oxygens (including phenoxy) is 3. The molecule has 0 unspecified atom stereocenters. The van der Waals surface area contributed by atoms with Gasteiger partial charge in [-0.25, -0.2) is 0 Å². The van der Waals surface area contributed by atoms with Gasteiger partial charge in [0.2, 0.25) is 6.79 Å². The second-order valence-electron chi connectivity index (χ2n) is 5.91. The third-order valence-electron chi connectivity index (χ3n) is 4.17. The zero-order chi connectivity index (χ0) is 17.8. The van der Waals surface area contributed by atoms with Crippen molar-refractivity contribution >= 4 is 17.3 Å². The first-order valence-electron chi connectivity index (χ1n) is 8.37. The number of nitrogens with one attached hydrogen (secondary N) is 1. The van der Waals surface area contributed by atoms with Crippen LogP contribution in [-0.4, -0.2) is 6.79 Å². The van der Waals surface area contributed by atoms with Crippen molar-refractivity contribution in [2.45, 2.75) is 13.2 Å². The van der Waals surface area contributed by atoms with Crippen molar-refractivity contribution in [3.05, 3.63) is 82.9 Å². The maximum Gasteiger partial charge on any atom is 0.231 e. The highest BCUT2D eigenvalue weighted by atomic mass is 35.5. The van der Waals surface area contributed by atoms with E-state index in [0.29, 0.717) is 18.2 Å². The van der Waals surface area contributed by atoms with Crippen molar-refractivity contribution in [2.75, 3.05) is 12.1 Å². The van der Waals surface area contributed by atoms with E-state index in [2.05, 4.69) is 5.32 Å². The van der Waals surface area contributed by atoms with Crippen molar-refractivity contribution in [3.63, 3.8) is 0 Å². The zero-order valence-electron chi connectivity index (χ0n) is 14.1. The van der Waals surface area contributed by atoms with Crippen LogP contribution in [0.4, 0.5) is 5.69 Å². The molecular formula is C21H18ClNO3. The summed E-state index contributed by atoms with van der Waals surface area (Å²) in [6, 6.07) is 21.5. The van der Waals surface area contributed by atoms with Crippen LogP contribution < -0.4 is 19.5 Å². The lowest BCUT2D eigenvalue weighted by Gasteiger charge is -2.13. The minimum absolute atomic E-state index is 0.275. The molecule has 0 fully saturated rings. The molecule has 3 aromatic carbocycles. The predicted octanol–water partition coefficient (Wildman–Crippen LogP) is 5.26. The van der Waals surface area contributed by atoms with Gasteiger partial charge in [0.1, 0.15) is 12.4 Å². The van der Waals surface area contributed by atoms with Crippen molar-refractivity contribution in [1.82, 2.24) is 0 Å². The molecule has 3 aromatic rings. The molecule has 0 atom stereocenters. The smallest absolute Gasteiger partial charge is 0.231 e. The van der Waals surface area contributed by atoms with Gasteiger partial charge in [-0.05, 0) is 24.3 Å². The van der Waals surface area contributed by atoms with E-state index < -0.39 is 0 Å². The first-order chi connectivity index (χ1) is 12.8. The Morgan fingerprint density at radius 2 is 1.65 bits per heavy atom. The molecule has 0 radical (unpaired) electrons. The summed E-state index contributed by atoms with van der Waals surface area (Å²) in [4.78, 5) is 0. The molecule has 0 saturated carbocycles. The molecule has 0 aliphatic carbocycles. The van der Waals surface area contributed by atoms with Crippen LogP contribution in [0.2, 0.25) is 5.02 Å². The highest BCUT2D eigenvalue weighted by Crippen LogP contribution is 2.34. The Bertz CT molecular complexity index is 913. The summed E-state index contributed by atoms with van der Waals surface area (Å²) >= 11 is 6.20. The van der Waals surface area contributed by atoms with E-state index in [-0.39, 0.29) is 6.79 Å². The molecule has 0 amide bonds. The maximum atomic E-state index is 6.20. The third-order valence-corrected chi connectivity index (χ3v) is 4.54. The molecule has 0 bridgehead atoms. The Morgan fingerprint density at radius 1 is 0.885 bits per heavy atom.